The summed E-state index contributed by atoms with van der Waals surface area (Å²) in [6, 6.07) is 0.698. The highest BCUT2D eigenvalue weighted by atomic mass is 15.1. The van der Waals surface area contributed by atoms with Crippen molar-refractivity contribution >= 4 is 0 Å². The Hall–Kier alpha value is -0.0800. The minimum atomic E-state index is 0.698. The molecule has 1 atom stereocenters. The van der Waals surface area contributed by atoms with E-state index in [2.05, 4.69) is 38.2 Å². The molecule has 1 aliphatic rings. The minimum absolute atomic E-state index is 0.698. The average Bonchev–Trinajstić information content (AvgIpc) is 2.39. The van der Waals surface area contributed by atoms with E-state index in [1.54, 1.807) is 0 Å². The summed E-state index contributed by atoms with van der Waals surface area (Å²) in [6.45, 7) is 7.05. The van der Waals surface area contributed by atoms with E-state index < -0.39 is 0 Å². The molecule has 0 spiro atoms. The Morgan fingerprint density at radius 1 is 1.06 bits per heavy atom. The first-order valence-corrected chi connectivity index (χ1v) is 8.06. The van der Waals surface area contributed by atoms with Gasteiger partial charge in [0.25, 0.3) is 0 Å². The van der Waals surface area contributed by atoms with Gasteiger partial charge in [-0.2, -0.15) is 0 Å². The highest BCUT2D eigenvalue weighted by Crippen LogP contribution is 2.23. The Morgan fingerprint density at radius 3 is 2.17 bits per heavy atom. The maximum Gasteiger partial charge on any atom is 0.0242 e. The molecule has 1 unspecified atom stereocenters. The Labute approximate surface area is 115 Å². The molecule has 0 radical (unpaired) electrons. The van der Waals surface area contributed by atoms with Crippen LogP contribution in [0, 0.1) is 11.8 Å². The third-order valence-corrected chi connectivity index (χ3v) is 4.77. The van der Waals surface area contributed by atoms with E-state index in [1.807, 2.05) is 0 Å². The second kappa shape index (κ2) is 8.92. The highest BCUT2D eigenvalue weighted by molar-refractivity contribution is 4.78. The van der Waals surface area contributed by atoms with E-state index in [0.717, 1.165) is 18.4 Å². The lowest BCUT2D eigenvalue weighted by Gasteiger charge is -2.32. The molecule has 0 heterocycles. The number of nitrogens with zero attached hydrogens (tertiary/aromatic N) is 1. The van der Waals surface area contributed by atoms with E-state index in [0.29, 0.717) is 6.04 Å². The fourth-order valence-electron chi connectivity index (χ4n) is 3.43. The quantitative estimate of drug-likeness (QED) is 0.713. The van der Waals surface area contributed by atoms with Crippen LogP contribution in [-0.4, -0.2) is 38.1 Å². The Kier molecular flexibility index (Phi) is 7.92. The summed E-state index contributed by atoms with van der Waals surface area (Å²) in [6.07, 6.45) is 9.86. The highest BCUT2D eigenvalue weighted by Gasteiger charge is 2.21. The Bertz CT molecular complexity index is 193. The molecule has 1 saturated carbocycles. The second-order valence-corrected chi connectivity index (χ2v) is 6.27. The molecule has 2 nitrogen and oxygen atoms in total. The molecule has 108 valence electrons. The molecule has 1 rings (SSSR count). The lowest BCUT2D eigenvalue weighted by Crippen LogP contribution is -2.44. The molecule has 2 heteroatoms. The minimum Gasteiger partial charge on any atom is -0.315 e. The predicted octanol–water partition coefficient (Wildman–Crippen LogP) is 3.52. The van der Waals surface area contributed by atoms with E-state index in [-0.39, 0.29) is 0 Å². The zero-order valence-electron chi connectivity index (χ0n) is 13.0. The van der Waals surface area contributed by atoms with Gasteiger partial charge >= 0.3 is 0 Å². The standard InChI is InChI=1S/C16H34N2/c1-5-15(6-2)16(18(3)4)13-17-12-14-10-8-7-9-11-14/h14-17H,5-13H2,1-4H3. The van der Waals surface area contributed by atoms with Gasteiger partial charge < -0.3 is 10.2 Å². The topological polar surface area (TPSA) is 15.3 Å². The molecule has 1 N–H and O–H groups in total. The monoisotopic (exact) mass is 254 g/mol. The van der Waals surface area contributed by atoms with E-state index in [4.69, 9.17) is 0 Å². The number of nitrogens with one attached hydrogen (secondary N) is 1. The number of likely N-dealkylation sites (N-methyl/N-ethyl adjacent to an activating group) is 1. The number of hydrogen-bond acceptors (Lipinski definition) is 2. The maximum absolute atomic E-state index is 3.74. The lowest BCUT2D eigenvalue weighted by molar-refractivity contribution is 0.190. The average molecular weight is 254 g/mol. The van der Waals surface area contributed by atoms with Gasteiger partial charge in [0.2, 0.25) is 0 Å². The van der Waals surface area contributed by atoms with E-state index in [1.165, 1.54) is 51.5 Å². The maximum atomic E-state index is 3.74. The van der Waals surface area contributed by atoms with Crippen molar-refractivity contribution in [2.24, 2.45) is 11.8 Å². The van der Waals surface area contributed by atoms with Gasteiger partial charge in [-0.15, -0.1) is 0 Å². The van der Waals surface area contributed by atoms with Crippen molar-refractivity contribution in [2.45, 2.75) is 64.8 Å². The van der Waals surface area contributed by atoms with Crippen LogP contribution in [0.25, 0.3) is 0 Å². The normalized spacial score (nSPS) is 19.7. The summed E-state index contributed by atoms with van der Waals surface area (Å²) in [5.74, 6) is 1.78. The Morgan fingerprint density at radius 2 is 1.67 bits per heavy atom. The first-order valence-electron chi connectivity index (χ1n) is 8.06. The zero-order valence-corrected chi connectivity index (χ0v) is 13.0. The SMILES string of the molecule is CCC(CC)C(CNCC1CCCCC1)N(C)C. The van der Waals surface area contributed by atoms with Crippen LogP contribution < -0.4 is 5.32 Å². The van der Waals surface area contributed by atoms with Crippen molar-refractivity contribution in [1.29, 1.82) is 0 Å². The molecule has 1 fully saturated rings. The van der Waals surface area contributed by atoms with Crippen LogP contribution in [-0.2, 0) is 0 Å². The van der Waals surface area contributed by atoms with Crippen molar-refractivity contribution < 1.29 is 0 Å². The van der Waals surface area contributed by atoms with Crippen molar-refractivity contribution in [3.8, 4) is 0 Å². The summed E-state index contributed by atoms with van der Waals surface area (Å²) < 4.78 is 0. The van der Waals surface area contributed by atoms with E-state index in [9.17, 15) is 0 Å². The predicted molar refractivity (Wildman–Crippen MR) is 81.0 cm³/mol. The smallest absolute Gasteiger partial charge is 0.0242 e. The summed E-state index contributed by atoms with van der Waals surface area (Å²) in [5.41, 5.74) is 0. The molecule has 0 amide bonds. The molecule has 0 bridgehead atoms. The van der Waals surface area contributed by atoms with Crippen LogP contribution in [0.3, 0.4) is 0 Å². The fraction of sp³-hybridized carbons (Fsp3) is 1.00. The molecule has 0 aliphatic heterocycles. The largest absolute Gasteiger partial charge is 0.315 e. The number of rotatable bonds is 8. The van der Waals surface area contributed by atoms with Crippen LogP contribution in [0.15, 0.2) is 0 Å². The molecule has 1 aliphatic carbocycles. The molecular weight excluding hydrogens is 220 g/mol. The van der Waals surface area contributed by atoms with Gasteiger partial charge in [-0.3, -0.25) is 0 Å². The molecule has 0 aromatic carbocycles. The molecule has 0 saturated heterocycles. The summed E-state index contributed by atoms with van der Waals surface area (Å²) in [5, 5.41) is 3.74. The lowest BCUT2D eigenvalue weighted by atomic mass is 9.89. The molecular formula is C16H34N2. The van der Waals surface area contributed by atoms with Crippen LogP contribution >= 0.6 is 0 Å². The Balaban J connectivity index is 2.28. The summed E-state index contributed by atoms with van der Waals surface area (Å²) >= 11 is 0. The zero-order chi connectivity index (χ0) is 13.4. The van der Waals surface area contributed by atoms with Crippen molar-refractivity contribution in [3.05, 3.63) is 0 Å². The van der Waals surface area contributed by atoms with Gasteiger partial charge in [0.1, 0.15) is 0 Å². The van der Waals surface area contributed by atoms with Crippen LogP contribution in [0.2, 0.25) is 0 Å². The summed E-state index contributed by atoms with van der Waals surface area (Å²) in [7, 11) is 4.45. The van der Waals surface area contributed by atoms with Gasteiger partial charge in [-0.1, -0.05) is 46.0 Å². The molecule has 0 aromatic heterocycles. The van der Waals surface area contributed by atoms with Crippen LogP contribution in [0.5, 0.6) is 0 Å². The first-order chi connectivity index (χ1) is 8.69. The van der Waals surface area contributed by atoms with Gasteiger partial charge in [0.05, 0.1) is 0 Å². The van der Waals surface area contributed by atoms with Crippen LogP contribution in [0.4, 0.5) is 0 Å². The van der Waals surface area contributed by atoms with Gasteiger partial charge in [-0.05, 0) is 45.3 Å². The summed E-state index contributed by atoms with van der Waals surface area (Å²) in [4.78, 5) is 2.41. The third kappa shape index (κ3) is 5.27. The molecule has 0 aromatic rings. The fourth-order valence-corrected chi connectivity index (χ4v) is 3.43. The van der Waals surface area contributed by atoms with Crippen molar-refractivity contribution in [3.63, 3.8) is 0 Å². The number of hydrogen-bond donors (Lipinski definition) is 1. The first kappa shape index (κ1) is 16.0. The van der Waals surface area contributed by atoms with Gasteiger partial charge in [-0.25, -0.2) is 0 Å². The molecule has 18 heavy (non-hydrogen) atoms. The third-order valence-electron chi connectivity index (χ3n) is 4.77. The van der Waals surface area contributed by atoms with Crippen LogP contribution in [0.1, 0.15) is 58.8 Å². The van der Waals surface area contributed by atoms with Crippen molar-refractivity contribution in [2.75, 3.05) is 27.2 Å². The van der Waals surface area contributed by atoms with Crippen molar-refractivity contribution in [1.82, 2.24) is 10.2 Å². The van der Waals surface area contributed by atoms with Gasteiger partial charge in [0, 0.05) is 12.6 Å². The second-order valence-electron chi connectivity index (χ2n) is 6.27. The van der Waals surface area contributed by atoms with Gasteiger partial charge in [0.15, 0.2) is 0 Å². The van der Waals surface area contributed by atoms with E-state index >= 15 is 0 Å².